The first-order valence-electron chi connectivity index (χ1n) is 5.65. The van der Waals surface area contributed by atoms with Crippen LogP contribution in [0.15, 0.2) is 47.9 Å². The van der Waals surface area contributed by atoms with Crippen LogP contribution < -0.4 is 10.1 Å². The van der Waals surface area contributed by atoms with Crippen LogP contribution in [0.4, 0.5) is 18.9 Å². The van der Waals surface area contributed by atoms with Crippen LogP contribution in [0.1, 0.15) is 13.8 Å². The van der Waals surface area contributed by atoms with Crippen molar-refractivity contribution >= 4 is 11.4 Å². The van der Waals surface area contributed by atoms with E-state index in [4.69, 9.17) is 0 Å². The molecule has 0 saturated heterocycles. The van der Waals surface area contributed by atoms with Crippen molar-refractivity contribution in [3.8, 4) is 5.88 Å². The van der Waals surface area contributed by atoms with Gasteiger partial charge in [-0.3, -0.25) is 4.99 Å². The smallest absolute Gasteiger partial charge is 0.388 e. The average Bonchev–Trinajstić information content (AvgIpc) is 2.36. The third-order valence-electron chi connectivity index (χ3n) is 2.11. The molecule has 0 fully saturated rings. The van der Waals surface area contributed by atoms with Gasteiger partial charge in [0.2, 0.25) is 5.88 Å². The maximum absolute atomic E-state index is 12.0. The van der Waals surface area contributed by atoms with E-state index in [1.807, 2.05) is 6.92 Å². The molecule has 0 aliphatic carbocycles. The molecule has 0 aliphatic rings. The fraction of sp³-hybridized carbons (Fsp3) is 0.231. The summed E-state index contributed by atoms with van der Waals surface area (Å²) in [5, 5.41) is 2.88. The molecule has 1 heterocycles. The number of aromatic nitrogens is 1. The highest BCUT2D eigenvalue weighted by Gasteiger charge is 2.31. The summed E-state index contributed by atoms with van der Waals surface area (Å²) in [5.41, 5.74) is 1.66. The Morgan fingerprint density at radius 1 is 1.45 bits per heavy atom. The molecule has 0 unspecified atom stereocenters. The second-order valence-corrected chi connectivity index (χ2v) is 3.73. The molecule has 1 rings (SSSR count). The Bertz CT molecular complexity index is 519. The highest BCUT2D eigenvalue weighted by molar-refractivity contribution is 6.00. The van der Waals surface area contributed by atoms with Crippen LogP contribution in [0.2, 0.25) is 0 Å². The van der Waals surface area contributed by atoms with E-state index < -0.39 is 12.2 Å². The Hall–Kier alpha value is -2.31. The van der Waals surface area contributed by atoms with Crippen LogP contribution in [0.5, 0.6) is 5.88 Å². The van der Waals surface area contributed by atoms with Crippen LogP contribution in [-0.4, -0.2) is 17.1 Å². The van der Waals surface area contributed by atoms with E-state index in [2.05, 4.69) is 26.6 Å². The molecule has 1 N–H and O–H groups in total. The number of rotatable bonds is 5. The number of aliphatic imine (C=N–C) groups is 1. The van der Waals surface area contributed by atoms with Crippen molar-refractivity contribution in [2.24, 2.45) is 4.99 Å². The monoisotopic (exact) mass is 285 g/mol. The number of nitrogens with zero attached hydrogens (tertiary/aromatic N) is 2. The number of alkyl halides is 3. The first-order chi connectivity index (χ1) is 9.31. The zero-order valence-electron chi connectivity index (χ0n) is 11.0. The van der Waals surface area contributed by atoms with Gasteiger partial charge in [0.15, 0.2) is 0 Å². The molecule has 1 aromatic rings. The Morgan fingerprint density at radius 3 is 2.65 bits per heavy atom. The Balaban J connectivity index is 2.68. The van der Waals surface area contributed by atoms with Gasteiger partial charge in [-0.25, -0.2) is 4.98 Å². The van der Waals surface area contributed by atoms with Crippen molar-refractivity contribution in [3.05, 3.63) is 42.9 Å². The number of hydrogen-bond donors (Lipinski definition) is 1. The molecular weight excluding hydrogens is 271 g/mol. The first-order valence-corrected chi connectivity index (χ1v) is 5.65. The van der Waals surface area contributed by atoms with Gasteiger partial charge >= 0.3 is 6.36 Å². The summed E-state index contributed by atoms with van der Waals surface area (Å²) in [5.74, 6) is -0.520. The van der Waals surface area contributed by atoms with E-state index >= 15 is 0 Å². The fourth-order valence-electron chi connectivity index (χ4n) is 1.16. The molecule has 1 aromatic heterocycles. The molecule has 0 amide bonds. The maximum Gasteiger partial charge on any atom is 0.574 e. The normalized spacial score (nSPS) is 12.6. The minimum absolute atomic E-state index is 0.486. The standard InChI is InChI=1S/C13H14F3N3O/c1-4-7-17-9(2)10(3)19-11-5-6-12(18-8-11)20-13(14,15)16/h4-8,19H,3H2,1-2H3/b7-4-,17-9?. The second kappa shape index (κ2) is 6.74. The lowest BCUT2D eigenvalue weighted by Crippen LogP contribution is -2.17. The van der Waals surface area contributed by atoms with Gasteiger partial charge in [-0.15, -0.1) is 13.2 Å². The Morgan fingerprint density at radius 2 is 2.15 bits per heavy atom. The molecular formula is C13H14F3N3O. The zero-order valence-corrected chi connectivity index (χ0v) is 11.0. The third-order valence-corrected chi connectivity index (χ3v) is 2.11. The topological polar surface area (TPSA) is 46.5 Å². The van der Waals surface area contributed by atoms with Crippen LogP contribution >= 0.6 is 0 Å². The molecule has 0 radical (unpaired) electrons. The van der Waals surface area contributed by atoms with Gasteiger partial charge in [0.25, 0.3) is 0 Å². The lowest BCUT2D eigenvalue weighted by atomic mass is 10.3. The largest absolute Gasteiger partial charge is 0.574 e. The average molecular weight is 285 g/mol. The molecule has 0 aromatic carbocycles. The number of pyridine rings is 1. The minimum Gasteiger partial charge on any atom is -0.388 e. The zero-order chi connectivity index (χ0) is 15.2. The Kier molecular flexibility index (Phi) is 5.31. The summed E-state index contributed by atoms with van der Waals surface area (Å²) >= 11 is 0. The van der Waals surface area contributed by atoms with Crippen molar-refractivity contribution in [3.63, 3.8) is 0 Å². The number of ether oxygens (including phenoxy) is 1. The highest BCUT2D eigenvalue weighted by atomic mass is 19.4. The second-order valence-electron chi connectivity index (χ2n) is 3.73. The molecule has 0 bridgehead atoms. The van der Waals surface area contributed by atoms with Gasteiger partial charge in [-0.1, -0.05) is 12.7 Å². The molecule has 0 atom stereocenters. The Labute approximate surface area is 114 Å². The van der Waals surface area contributed by atoms with E-state index in [9.17, 15) is 13.2 Å². The number of nitrogens with one attached hydrogen (secondary N) is 1. The number of halogens is 3. The van der Waals surface area contributed by atoms with Gasteiger partial charge in [-0.2, -0.15) is 0 Å². The predicted octanol–water partition coefficient (Wildman–Crippen LogP) is 3.90. The predicted molar refractivity (Wildman–Crippen MR) is 71.6 cm³/mol. The van der Waals surface area contributed by atoms with Gasteiger partial charge in [0.1, 0.15) is 0 Å². The van der Waals surface area contributed by atoms with E-state index in [1.165, 1.54) is 12.3 Å². The van der Waals surface area contributed by atoms with Gasteiger partial charge in [0, 0.05) is 12.3 Å². The molecule has 0 saturated carbocycles. The van der Waals surface area contributed by atoms with E-state index in [-0.39, 0.29) is 0 Å². The molecule has 4 nitrogen and oxygen atoms in total. The molecule has 0 spiro atoms. The summed E-state index contributed by atoms with van der Waals surface area (Å²) in [6, 6.07) is 2.52. The van der Waals surface area contributed by atoms with Crippen LogP contribution in [0.3, 0.4) is 0 Å². The quantitative estimate of drug-likeness (QED) is 0.834. The van der Waals surface area contributed by atoms with E-state index in [0.717, 1.165) is 6.07 Å². The number of anilines is 1. The summed E-state index contributed by atoms with van der Waals surface area (Å²) in [6.07, 6.45) is -0.154. The van der Waals surface area contributed by atoms with Crippen molar-refractivity contribution < 1.29 is 17.9 Å². The summed E-state index contributed by atoms with van der Waals surface area (Å²) < 4.78 is 39.6. The van der Waals surface area contributed by atoms with Gasteiger partial charge in [-0.05, 0) is 19.9 Å². The third kappa shape index (κ3) is 5.55. The molecule has 20 heavy (non-hydrogen) atoms. The SMILES string of the molecule is C=C(Nc1ccc(OC(F)(F)F)nc1)C(C)=N/C=C\C. The van der Waals surface area contributed by atoms with Crippen molar-refractivity contribution in [1.29, 1.82) is 0 Å². The highest BCUT2D eigenvalue weighted by Crippen LogP contribution is 2.21. The van der Waals surface area contributed by atoms with Gasteiger partial charge < -0.3 is 10.1 Å². The lowest BCUT2D eigenvalue weighted by molar-refractivity contribution is -0.276. The first kappa shape index (κ1) is 15.7. The number of allylic oxidation sites excluding steroid dienone is 2. The summed E-state index contributed by atoms with van der Waals surface area (Å²) in [6.45, 7) is 7.35. The lowest BCUT2D eigenvalue weighted by Gasteiger charge is -2.10. The van der Waals surface area contributed by atoms with E-state index in [1.54, 1.807) is 19.2 Å². The fourth-order valence-corrected chi connectivity index (χ4v) is 1.16. The van der Waals surface area contributed by atoms with Crippen LogP contribution in [-0.2, 0) is 0 Å². The molecule has 108 valence electrons. The molecule has 7 heteroatoms. The summed E-state index contributed by atoms with van der Waals surface area (Å²) in [4.78, 5) is 7.62. The number of hydrogen-bond acceptors (Lipinski definition) is 4. The van der Waals surface area contributed by atoms with Crippen molar-refractivity contribution in [1.82, 2.24) is 4.98 Å². The van der Waals surface area contributed by atoms with E-state index in [0.29, 0.717) is 17.1 Å². The van der Waals surface area contributed by atoms with Crippen LogP contribution in [0, 0.1) is 0 Å². The van der Waals surface area contributed by atoms with Gasteiger partial charge in [0.05, 0.1) is 23.3 Å². The summed E-state index contributed by atoms with van der Waals surface area (Å²) in [7, 11) is 0. The van der Waals surface area contributed by atoms with Crippen molar-refractivity contribution in [2.45, 2.75) is 20.2 Å². The van der Waals surface area contributed by atoms with Crippen LogP contribution in [0.25, 0.3) is 0 Å². The van der Waals surface area contributed by atoms with Crippen molar-refractivity contribution in [2.75, 3.05) is 5.32 Å². The molecule has 0 aliphatic heterocycles. The maximum atomic E-state index is 12.0. The minimum atomic E-state index is -4.75.